The van der Waals surface area contributed by atoms with Crippen molar-refractivity contribution in [3.8, 4) is 11.5 Å². The smallest absolute Gasteiger partial charge is 0.314 e. The standard InChI is InChI=1S/C38H30N4O12S2/c1-19-9-11-21(17-27(19)35(45)41-29-15-13-23-25(5-3-7-31(23)43)33(29)55(49,50)51)39-37(47)38(48)40-22-12-10-20(2)28(18-22)36(46)42-30-16-14-24-26(6-4-8-32(24)44)34(30)56(52,53)54/h3-18,43-44H,1-2H3,(H,39,47)(H,40,48)(H,41,45)(H,42,46)(H,49,50,51)(H,52,53,54). The van der Waals surface area contributed by atoms with Gasteiger partial charge in [-0.15, -0.1) is 0 Å². The van der Waals surface area contributed by atoms with Gasteiger partial charge in [-0.1, -0.05) is 36.4 Å². The van der Waals surface area contributed by atoms with E-state index >= 15 is 0 Å². The van der Waals surface area contributed by atoms with Crippen molar-refractivity contribution in [3.63, 3.8) is 0 Å². The van der Waals surface area contributed by atoms with Crippen LogP contribution in [0.1, 0.15) is 31.8 Å². The van der Waals surface area contributed by atoms with Crippen molar-refractivity contribution in [3.05, 3.63) is 119 Å². The molecule has 16 nitrogen and oxygen atoms in total. The van der Waals surface area contributed by atoms with Gasteiger partial charge in [0.1, 0.15) is 21.3 Å². The predicted molar refractivity (Wildman–Crippen MR) is 206 cm³/mol. The van der Waals surface area contributed by atoms with Crippen LogP contribution < -0.4 is 21.3 Å². The Balaban J connectivity index is 1.18. The number of aromatic hydroxyl groups is 2. The minimum Gasteiger partial charge on any atom is -0.507 e. The normalized spacial score (nSPS) is 11.6. The molecule has 0 aromatic heterocycles. The molecule has 0 fully saturated rings. The zero-order valence-electron chi connectivity index (χ0n) is 29.1. The first-order chi connectivity index (χ1) is 26.3. The maximum Gasteiger partial charge on any atom is 0.314 e. The fourth-order valence-corrected chi connectivity index (χ4v) is 7.73. The number of nitrogens with one attached hydrogen (secondary N) is 4. The van der Waals surface area contributed by atoms with Gasteiger partial charge >= 0.3 is 11.8 Å². The molecule has 56 heavy (non-hydrogen) atoms. The average Bonchev–Trinajstić information content (AvgIpc) is 3.12. The second-order valence-corrected chi connectivity index (χ2v) is 15.2. The molecular weight excluding hydrogens is 769 g/mol. The van der Waals surface area contributed by atoms with Gasteiger partial charge in [-0.05, 0) is 85.6 Å². The van der Waals surface area contributed by atoms with E-state index in [1.165, 1.54) is 97.1 Å². The highest BCUT2D eigenvalue weighted by Gasteiger charge is 2.25. The number of phenolic OH excluding ortho intramolecular Hbond substituents is 2. The van der Waals surface area contributed by atoms with E-state index in [0.29, 0.717) is 11.1 Å². The van der Waals surface area contributed by atoms with Crippen LogP contribution in [0.5, 0.6) is 11.5 Å². The van der Waals surface area contributed by atoms with Gasteiger partial charge in [0, 0.05) is 44.0 Å². The van der Waals surface area contributed by atoms with E-state index in [1.54, 1.807) is 13.8 Å². The molecule has 0 spiro atoms. The molecule has 0 saturated carbocycles. The second kappa shape index (κ2) is 14.8. The van der Waals surface area contributed by atoms with Crippen molar-refractivity contribution in [2.75, 3.05) is 21.3 Å². The molecule has 0 aliphatic rings. The Bertz CT molecular complexity index is 2700. The Morgan fingerprint density at radius 3 is 1.21 bits per heavy atom. The number of hydrogen-bond acceptors (Lipinski definition) is 10. The maximum atomic E-state index is 13.4. The van der Waals surface area contributed by atoms with Crippen molar-refractivity contribution in [2.45, 2.75) is 23.6 Å². The lowest BCUT2D eigenvalue weighted by Gasteiger charge is -2.15. The fourth-order valence-electron chi connectivity index (χ4n) is 6.02. The SMILES string of the molecule is Cc1ccc(NC(=O)C(=O)Nc2ccc(C)c(C(=O)Nc3ccc4c(O)cccc4c3S(=O)(=O)O)c2)cc1C(=O)Nc1ccc2c(O)cccc2c1S(=O)(=O)O. The summed E-state index contributed by atoms with van der Waals surface area (Å²) in [5.74, 6) is -4.51. The van der Waals surface area contributed by atoms with Crippen molar-refractivity contribution in [2.24, 2.45) is 0 Å². The molecule has 0 unspecified atom stereocenters. The zero-order valence-corrected chi connectivity index (χ0v) is 30.7. The molecular formula is C38H30N4O12S2. The van der Waals surface area contributed by atoms with Crippen molar-refractivity contribution in [1.29, 1.82) is 0 Å². The number of amides is 4. The summed E-state index contributed by atoms with van der Waals surface area (Å²) in [5, 5.41) is 30.0. The number of carbonyl (C=O) groups is 4. The summed E-state index contributed by atoms with van der Waals surface area (Å²) in [5.41, 5.74) is 0.159. The molecule has 0 atom stereocenters. The minimum absolute atomic E-state index is 0.00153. The third-order valence-corrected chi connectivity index (χ3v) is 10.6. The van der Waals surface area contributed by atoms with Crippen LogP contribution >= 0.6 is 0 Å². The first kappa shape index (κ1) is 38.9. The molecule has 0 heterocycles. The summed E-state index contributed by atoms with van der Waals surface area (Å²) in [6, 6.07) is 21.4. The highest BCUT2D eigenvalue weighted by molar-refractivity contribution is 7.86. The Morgan fingerprint density at radius 1 is 0.482 bits per heavy atom. The zero-order chi connectivity index (χ0) is 40.7. The molecule has 4 amide bonds. The van der Waals surface area contributed by atoms with Crippen molar-refractivity contribution < 1.29 is 55.3 Å². The molecule has 0 radical (unpaired) electrons. The quantitative estimate of drug-likeness (QED) is 0.0691. The van der Waals surface area contributed by atoms with Crippen LogP contribution in [0.4, 0.5) is 22.7 Å². The number of hydrogen-bond donors (Lipinski definition) is 8. The number of phenols is 2. The number of anilines is 4. The second-order valence-electron chi connectivity index (χ2n) is 12.5. The van der Waals surface area contributed by atoms with Crippen LogP contribution in [-0.2, 0) is 29.8 Å². The van der Waals surface area contributed by atoms with Gasteiger partial charge in [0.15, 0.2) is 0 Å². The molecule has 8 N–H and O–H groups in total. The van der Waals surface area contributed by atoms with E-state index in [1.807, 2.05) is 0 Å². The summed E-state index contributed by atoms with van der Waals surface area (Å²) in [4.78, 5) is 51.4. The number of aryl methyl sites for hydroxylation is 2. The topological polar surface area (TPSA) is 266 Å². The van der Waals surface area contributed by atoms with Crippen LogP contribution in [-0.4, -0.2) is 59.8 Å². The lowest BCUT2D eigenvalue weighted by Crippen LogP contribution is -2.29. The van der Waals surface area contributed by atoms with Gasteiger partial charge in [0.2, 0.25) is 0 Å². The van der Waals surface area contributed by atoms with Gasteiger partial charge in [0.25, 0.3) is 32.1 Å². The summed E-state index contributed by atoms with van der Waals surface area (Å²) in [7, 11) is -9.81. The Kier molecular flexibility index (Phi) is 10.2. The van der Waals surface area contributed by atoms with Gasteiger partial charge in [0.05, 0.1) is 11.4 Å². The van der Waals surface area contributed by atoms with Crippen LogP contribution in [0.2, 0.25) is 0 Å². The average molecular weight is 799 g/mol. The van der Waals surface area contributed by atoms with E-state index in [9.17, 15) is 55.3 Å². The first-order valence-electron chi connectivity index (χ1n) is 16.2. The molecule has 6 rings (SSSR count). The number of benzene rings is 6. The van der Waals surface area contributed by atoms with E-state index in [-0.39, 0.29) is 66.9 Å². The molecule has 0 aliphatic heterocycles. The van der Waals surface area contributed by atoms with E-state index < -0.39 is 53.7 Å². The molecule has 286 valence electrons. The molecule has 0 bridgehead atoms. The molecule has 0 saturated heterocycles. The van der Waals surface area contributed by atoms with Gasteiger partial charge in [-0.3, -0.25) is 28.3 Å². The lowest BCUT2D eigenvalue weighted by atomic mass is 10.1. The fraction of sp³-hybridized carbons (Fsp3) is 0.0526. The highest BCUT2D eigenvalue weighted by atomic mass is 32.2. The number of rotatable bonds is 8. The van der Waals surface area contributed by atoms with Crippen molar-refractivity contribution in [1.82, 2.24) is 0 Å². The molecule has 0 aliphatic carbocycles. The maximum absolute atomic E-state index is 13.4. The third-order valence-electron chi connectivity index (χ3n) is 8.68. The van der Waals surface area contributed by atoms with Gasteiger partial charge < -0.3 is 31.5 Å². The van der Waals surface area contributed by atoms with Crippen LogP contribution in [0.15, 0.2) is 107 Å². The van der Waals surface area contributed by atoms with Gasteiger partial charge in [-0.2, -0.15) is 16.8 Å². The highest BCUT2D eigenvalue weighted by Crippen LogP contribution is 2.36. The third kappa shape index (κ3) is 7.84. The summed E-state index contributed by atoms with van der Waals surface area (Å²) < 4.78 is 69.4. The van der Waals surface area contributed by atoms with E-state index in [0.717, 1.165) is 0 Å². The van der Waals surface area contributed by atoms with Gasteiger partial charge in [-0.25, -0.2) is 0 Å². The monoisotopic (exact) mass is 798 g/mol. The van der Waals surface area contributed by atoms with E-state index in [2.05, 4.69) is 21.3 Å². The van der Waals surface area contributed by atoms with E-state index in [4.69, 9.17) is 0 Å². The molecule has 6 aromatic carbocycles. The summed E-state index contributed by atoms with van der Waals surface area (Å²) in [6.45, 7) is 3.13. The Hall–Kier alpha value is -6.86. The predicted octanol–water partition coefficient (Wildman–Crippen LogP) is 5.60. The summed E-state index contributed by atoms with van der Waals surface area (Å²) in [6.07, 6.45) is 0. The molecule has 6 aromatic rings. The summed E-state index contributed by atoms with van der Waals surface area (Å²) >= 11 is 0. The lowest BCUT2D eigenvalue weighted by molar-refractivity contribution is -0.132. The number of fused-ring (bicyclic) bond motifs is 2. The Morgan fingerprint density at radius 2 is 0.857 bits per heavy atom. The largest absolute Gasteiger partial charge is 0.507 e. The van der Waals surface area contributed by atoms with Crippen LogP contribution in [0.25, 0.3) is 21.5 Å². The Labute approximate surface area is 318 Å². The van der Waals surface area contributed by atoms with Crippen LogP contribution in [0, 0.1) is 13.8 Å². The first-order valence-corrected chi connectivity index (χ1v) is 19.1. The number of carbonyl (C=O) groups excluding carboxylic acids is 4. The molecule has 18 heteroatoms. The van der Waals surface area contributed by atoms with Crippen molar-refractivity contribution >= 4 is 88.2 Å². The van der Waals surface area contributed by atoms with Crippen LogP contribution in [0.3, 0.4) is 0 Å². The minimum atomic E-state index is -4.90.